The number of para-hydroxylation sites is 1. The number of rotatable bonds is 5. The molecule has 0 bridgehead atoms. The first kappa shape index (κ1) is 30.6. The highest BCUT2D eigenvalue weighted by molar-refractivity contribution is 7.26. The molecule has 1 nitrogen and oxygen atoms in total. The molecule has 7 aromatic carbocycles. The third-order valence-electron chi connectivity index (χ3n) is 11.9. The molecule has 0 N–H and O–H groups in total. The molecule has 0 amide bonds. The van der Waals surface area contributed by atoms with Gasteiger partial charge in [0, 0.05) is 36.7 Å². The van der Waals surface area contributed by atoms with E-state index in [9.17, 15) is 0 Å². The van der Waals surface area contributed by atoms with Gasteiger partial charge in [0.2, 0.25) is 0 Å². The number of nitrogens with zero attached hydrogens (tertiary/aromatic N) is 1. The predicted octanol–water partition coefficient (Wildman–Crippen LogP) is 14.7. The first-order valence-corrected chi connectivity index (χ1v) is 19.5. The van der Waals surface area contributed by atoms with Gasteiger partial charge >= 0.3 is 0 Å². The number of benzene rings is 7. The van der Waals surface area contributed by atoms with Crippen LogP contribution >= 0.6 is 11.3 Å². The van der Waals surface area contributed by atoms with Gasteiger partial charge in [0.1, 0.15) is 0 Å². The summed E-state index contributed by atoms with van der Waals surface area (Å²) >= 11 is 1.89. The van der Waals surface area contributed by atoms with Gasteiger partial charge in [-0.15, -0.1) is 11.3 Å². The quantitative estimate of drug-likeness (QED) is 0.175. The average molecular weight is 676 g/mol. The van der Waals surface area contributed by atoms with E-state index in [2.05, 4.69) is 164 Å². The van der Waals surface area contributed by atoms with Crippen molar-refractivity contribution in [3.63, 3.8) is 0 Å². The minimum absolute atomic E-state index is 0.0985. The van der Waals surface area contributed by atoms with Crippen LogP contribution in [0.5, 0.6) is 0 Å². The summed E-state index contributed by atoms with van der Waals surface area (Å²) < 4.78 is 2.64. The van der Waals surface area contributed by atoms with E-state index >= 15 is 0 Å². The fourth-order valence-corrected chi connectivity index (χ4v) is 10.6. The fourth-order valence-electron chi connectivity index (χ4n) is 9.50. The van der Waals surface area contributed by atoms with Crippen molar-refractivity contribution in [2.45, 2.75) is 57.3 Å². The number of thiophene rings is 1. The van der Waals surface area contributed by atoms with E-state index in [-0.39, 0.29) is 5.41 Å². The van der Waals surface area contributed by atoms with Crippen LogP contribution in [0.2, 0.25) is 0 Å². The summed E-state index contributed by atoms with van der Waals surface area (Å²) in [5.74, 6) is 0.605. The molecule has 0 unspecified atom stereocenters. The molecule has 0 radical (unpaired) electrons. The predicted molar refractivity (Wildman–Crippen MR) is 220 cm³/mol. The van der Waals surface area contributed by atoms with E-state index in [1.54, 1.807) is 0 Å². The van der Waals surface area contributed by atoms with Gasteiger partial charge in [-0.1, -0.05) is 148 Å². The minimum Gasteiger partial charge on any atom is -0.309 e. The Bertz CT molecular complexity index is 2610. The molecule has 8 aromatic rings. The van der Waals surface area contributed by atoms with Crippen molar-refractivity contribution in [3.8, 4) is 22.3 Å². The first-order valence-electron chi connectivity index (χ1n) is 18.6. The van der Waals surface area contributed by atoms with Crippen molar-refractivity contribution in [1.29, 1.82) is 0 Å². The van der Waals surface area contributed by atoms with Crippen LogP contribution in [-0.2, 0) is 5.41 Å². The van der Waals surface area contributed by atoms with Gasteiger partial charge in [-0.25, -0.2) is 0 Å². The SMILES string of the molecule is CC1(C)c2ccccc2-c2c(N(c3ccccc3-c3cccc4cccc(C5CCCCC5)c34)c3cccc4sc5ccccc5c34)cccc21. The van der Waals surface area contributed by atoms with Crippen LogP contribution in [0.4, 0.5) is 17.1 Å². The lowest BCUT2D eigenvalue weighted by molar-refractivity contribution is 0.445. The van der Waals surface area contributed by atoms with Crippen molar-refractivity contribution in [3.05, 3.63) is 162 Å². The van der Waals surface area contributed by atoms with Gasteiger partial charge in [-0.2, -0.15) is 0 Å². The Morgan fingerprint density at radius 2 is 1.14 bits per heavy atom. The van der Waals surface area contributed by atoms with E-state index < -0.39 is 0 Å². The molecule has 2 heteroatoms. The van der Waals surface area contributed by atoms with Gasteiger partial charge in [0.15, 0.2) is 0 Å². The molecular weight excluding hydrogens is 635 g/mol. The zero-order chi connectivity index (χ0) is 34.1. The molecule has 1 heterocycles. The molecule has 2 aliphatic carbocycles. The molecule has 51 heavy (non-hydrogen) atoms. The smallest absolute Gasteiger partial charge is 0.0555 e. The zero-order valence-corrected chi connectivity index (χ0v) is 30.1. The highest BCUT2D eigenvalue weighted by Gasteiger charge is 2.38. The molecule has 2 aliphatic rings. The van der Waals surface area contributed by atoms with Crippen LogP contribution in [0.3, 0.4) is 0 Å². The Morgan fingerprint density at radius 1 is 0.510 bits per heavy atom. The Hall–Kier alpha value is -5.18. The standard InChI is InChI=1S/C49H41NS/c1-49(2)39-25-9-6-21-37(39)47-40(49)26-14-28-42(47)50(43-29-15-31-45-48(43)38-22-8-11-30-44(38)51-45)41-27-10-7-20-35(41)36-24-13-19-33-18-12-23-34(46(33)36)32-16-4-3-5-17-32/h6-15,18-32H,3-5,16-17H2,1-2H3. The van der Waals surface area contributed by atoms with Crippen LogP contribution in [0.25, 0.3) is 53.2 Å². The monoisotopic (exact) mass is 675 g/mol. The van der Waals surface area contributed by atoms with E-state index in [0.29, 0.717) is 5.92 Å². The molecule has 1 fully saturated rings. The molecule has 10 rings (SSSR count). The first-order chi connectivity index (χ1) is 25.1. The maximum atomic E-state index is 2.61. The van der Waals surface area contributed by atoms with Gasteiger partial charge in [-0.05, 0) is 87.7 Å². The largest absolute Gasteiger partial charge is 0.309 e. The van der Waals surface area contributed by atoms with Gasteiger partial charge in [0.05, 0.1) is 17.1 Å². The Morgan fingerprint density at radius 3 is 2.02 bits per heavy atom. The molecule has 1 saturated carbocycles. The van der Waals surface area contributed by atoms with E-state index in [0.717, 1.165) is 0 Å². The maximum absolute atomic E-state index is 2.61. The highest BCUT2D eigenvalue weighted by atomic mass is 32.1. The summed E-state index contributed by atoms with van der Waals surface area (Å²) in [7, 11) is 0. The second-order valence-corrected chi connectivity index (χ2v) is 16.1. The highest BCUT2D eigenvalue weighted by Crippen LogP contribution is 2.56. The molecule has 248 valence electrons. The van der Waals surface area contributed by atoms with Crippen molar-refractivity contribution in [2.24, 2.45) is 0 Å². The number of hydrogen-bond donors (Lipinski definition) is 0. The van der Waals surface area contributed by atoms with Gasteiger partial charge in [0.25, 0.3) is 0 Å². The van der Waals surface area contributed by atoms with Crippen molar-refractivity contribution < 1.29 is 0 Å². The molecule has 0 atom stereocenters. The second-order valence-electron chi connectivity index (χ2n) is 15.1. The number of hydrogen-bond acceptors (Lipinski definition) is 2. The summed E-state index contributed by atoms with van der Waals surface area (Å²) in [6, 6.07) is 55.0. The third kappa shape index (κ3) is 4.73. The summed E-state index contributed by atoms with van der Waals surface area (Å²) in [4.78, 5) is 2.61. The second kappa shape index (κ2) is 12.0. The van der Waals surface area contributed by atoms with Crippen LogP contribution < -0.4 is 4.90 Å². The van der Waals surface area contributed by atoms with E-state index in [4.69, 9.17) is 0 Å². The molecule has 0 aliphatic heterocycles. The van der Waals surface area contributed by atoms with Gasteiger partial charge < -0.3 is 4.90 Å². The summed E-state index contributed by atoms with van der Waals surface area (Å²) in [6.45, 7) is 4.77. The normalized spacial score (nSPS) is 15.3. The summed E-state index contributed by atoms with van der Waals surface area (Å²) in [6.07, 6.45) is 6.56. The van der Waals surface area contributed by atoms with E-state index in [1.165, 1.54) is 119 Å². The van der Waals surface area contributed by atoms with Crippen LogP contribution in [0, 0.1) is 0 Å². The number of anilines is 3. The van der Waals surface area contributed by atoms with Crippen LogP contribution in [-0.4, -0.2) is 0 Å². The summed E-state index contributed by atoms with van der Waals surface area (Å²) in [5.41, 5.74) is 13.1. The van der Waals surface area contributed by atoms with Crippen LogP contribution in [0.15, 0.2) is 146 Å². The maximum Gasteiger partial charge on any atom is 0.0555 e. The van der Waals surface area contributed by atoms with Crippen molar-refractivity contribution in [1.82, 2.24) is 0 Å². The zero-order valence-electron chi connectivity index (χ0n) is 29.3. The topological polar surface area (TPSA) is 3.24 Å². The minimum atomic E-state index is -0.0985. The number of fused-ring (bicyclic) bond motifs is 7. The van der Waals surface area contributed by atoms with Crippen molar-refractivity contribution in [2.75, 3.05) is 4.90 Å². The lowest BCUT2D eigenvalue weighted by Gasteiger charge is -2.32. The van der Waals surface area contributed by atoms with E-state index in [1.807, 2.05) is 11.3 Å². The Labute approximate surface area is 304 Å². The van der Waals surface area contributed by atoms with Crippen LogP contribution in [0.1, 0.15) is 68.6 Å². The molecular formula is C49H41NS. The summed E-state index contributed by atoms with van der Waals surface area (Å²) in [5, 5.41) is 5.38. The Kier molecular flexibility index (Phi) is 7.18. The molecule has 1 aromatic heterocycles. The van der Waals surface area contributed by atoms with Gasteiger partial charge in [-0.3, -0.25) is 0 Å². The van der Waals surface area contributed by atoms with Crippen molar-refractivity contribution >= 4 is 59.3 Å². The lowest BCUT2D eigenvalue weighted by atomic mass is 9.80. The lowest BCUT2D eigenvalue weighted by Crippen LogP contribution is -2.16. The average Bonchev–Trinajstić information content (AvgIpc) is 3.68. The molecule has 0 saturated heterocycles. The fraction of sp³-hybridized carbons (Fsp3) is 0.184. The third-order valence-corrected chi connectivity index (χ3v) is 13.0. The molecule has 0 spiro atoms. The Balaban J connectivity index is 1.30.